The monoisotopic (exact) mass is 570 g/mol. The molecule has 10 atom stereocenters. The van der Waals surface area contributed by atoms with E-state index in [2.05, 4.69) is 27.7 Å². The molecule has 0 aromatic heterocycles. The Morgan fingerprint density at radius 1 is 0.725 bits per heavy atom. The quantitative estimate of drug-likeness (QED) is 0.322. The van der Waals surface area contributed by atoms with E-state index in [-0.39, 0.29) is 41.5 Å². The van der Waals surface area contributed by atoms with Gasteiger partial charge in [-0.1, -0.05) is 71.0 Å². The summed E-state index contributed by atoms with van der Waals surface area (Å²) in [5.41, 5.74) is 0.907. The van der Waals surface area contributed by atoms with Gasteiger partial charge in [-0.25, -0.2) is 9.59 Å². The smallest absolute Gasteiger partial charge is 0.338 e. The van der Waals surface area contributed by atoms with E-state index < -0.39 is 30.4 Å². The summed E-state index contributed by atoms with van der Waals surface area (Å²) in [6.07, 6.45) is -2.69. The molecular formula is C32H42O7S. The van der Waals surface area contributed by atoms with Gasteiger partial charge in [-0.2, -0.15) is 0 Å². The van der Waals surface area contributed by atoms with Gasteiger partial charge in [0.15, 0.2) is 12.4 Å². The van der Waals surface area contributed by atoms with Gasteiger partial charge in [-0.3, -0.25) is 0 Å². The predicted molar refractivity (Wildman–Crippen MR) is 155 cm³/mol. The lowest BCUT2D eigenvalue weighted by Gasteiger charge is -2.48. The number of hydrogen-bond acceptors (Lipinski definition) is 8. The molecule has 0 spiro atoms. The topological polar surface area (TPSA) is 80.3 Å². The van der Waals surface area contributed by atoms with Gasteiger partial charge in [0.05, 0.1) is 29.4 Å². The molecule has 2 aliphatic heterocycles. The Morgan fingerprint density at radius 2 is 1.27 bits per heavy atom. The molecule has 4 unspecified atom stereocenters. The number of thioether (sulfide) groups is 1. The Bertz CT molecular complexity index is 1090. The molecule has 218 valence electrons. The van der Waals surface area contributed by atoms with Crippen LogP contribution in [-0.4, -0.2) is 59.9 Å². The molecular weight excluding hydrogens is 528 g/mol. The number of rotatable bonds is 9. The Morgan fingerprint density at radius 3 is 1.80 bits per heavy atom. The van der Waals surface area contributed by atoms with E-state index in [4.69, 9.17) is 23.7 Å². The minimum atomic E-state index is -0.977. The lowest BCUT2D eigenvalue weighted by atomic mass is 9.84. The molecule has 0 aliphatic carbocycles. The Hall–Kier alpha value is -2.39. The van der Waals surface area contributed by atoms with Gasteiger partial charge in [0, 0.05) is 5.92 Å². The number of benzene rings is 2. The zero-order valence-electron chi connectivity index (χ0n) is 24.2. The van der Waals surface area contributed by atoms with Gasteiger partial charge in [0.1, 0.15) is 11.5 Å². The van der Waals surface area contributed by atoms with E-state index in [0.29, 0.717) is 11.1 Å². The van der Waals surface area contributed by atoms with E-state index >= 15 is 0 Å². The zero-order chi connectivity index (χ0) is 28.8. The fraction of sp³-hybridized carbons (Fsp3) is 0.562. The molecule has 4 rings (SSSR count). The standard InChI is InChI=1S/C32H42O7S/c1-7-25-26(19(3)20(4)32(36-25)40-8-2)39-31-28(38-30(34)24-17-13-10-14-18-24)27(21(5)22(6)35-31)37-29(33)23-15-11-9-12-16-23/h9-22,25-28,31-32H,7-8H2,1-6H3/t19-,20?,21+,22?,25?,26+,27+,28?,31+,32+/m1/s1. The second-order valence-corrected chi connectivity index (χ2v) is 12.1. The van der Waals surface area contributed by atoms with Gasteiger partial charge in [-0.15, -0.1) is 11.8 Å². The first kappa shape index (κ1) is 30.6. The van der Waals surface area contributed by atoms with Crippen molar-refractivity contribution in [3.63, 3.8) is 0 Å². The van der Waals surface area contributed by atoms with Crippen molar-refractivity contribution in [2.24, 2.45) is 17.8 Å². The summed E-state index contributed by atoms with van der Waals surface area (Å²) in [6.45, 7) is 12.4. The molecule has 2 fully saturated rings. The molecule has 2 saturated heterocycles. The van der Waals surface area contributed by atoms with Gasteiger partial charge < -0.3 is 23.7 Å². The molecule has 2 aromatic carbocycles. The van der Waals surface area contributed by atoms with Crippen molar-refractivity contribution in [1.82, 2.24) is 0 Å². The van der Waals surface area contributed by atoms with Crippen molar-refractivity contribution in [1.29, 1.82) is 0 Å². The molecule has 2 aliphatic rings. The number of esters is 2. The van der Waals surface area contributed by atoms with E-state index in [1.54, 1.807) is 48.5 Å². The first-order valence-corrected chi connectivity index (χ1v) is 15.4. The molecule has 2 heterocycles. The molecule has 40 heavy (non-hydrogen) atoms. The highest BCUT2D eigenvalue weighted by Crippen LogP contribution is 2.41. The maximum absolute atomic E-state index is 13.3. The summed E-state index contributed by atoms with van der Waals surface area (Å²) in [6, 6.07) is 17.6. The Labute approximate surface area is 242 Å². The van der Waals surface area contributed by atoms with Crippen LogP contribution in [0.2, 0.25) is 0 Å². The van der Waals surface area contributed by atoms with Gasteiger partial charge >= 0.3 is 11.9 Å². The van der Waals surface area contributed by atoms with Crippen LogP contribution in [0.3, 0.4) is 0 Å². The summed E-state index contributed by atoms with van der Waals surface area (Å²) >= 11 is 1.81. The van der Waals surface area contributed by atoms with Crippen LogP contribution in [0.25, 0.3) is 0 Å². The van der Waals surface area contributed by atoms with E-state index in [0.717, 1.165) is 12.2 Å². The highest BCUT2D eigenvalue weighted by atomic mass is 32.2. The minimum Gasteiger partial charge on any atom is -0.454 e. The largest absolute Gasteiger partial charge is 0.454 e. The fourth-order valence-electron chi connectivity index (χ4n) is 5.38. The van der Waals surface area contributed by atoms with Crippen molar-refractivity contribution >= 4 is 23.7 Å². The normalized spacial score (nSPS) is 34.1. The van der Waals surface area contributed by atoms with Gasteiger partial charge in [-0.05, 0) is 55.2 Å². The number of ether oxygens (including phenoxy) is 5. The van der Waals surface area contributed by atoms with E-state index in [1.807, 2.05) is 37.7 Å². The molecule has 0 amide bonds. The number of carbonyl (C=O) groups excluding carboxylic acids is 2. The Kier molecular flexibility index (Phi) is 10.7. The van der Waals surface area contributed by atoms with Crippen LogP contribution in [0, 0.1) is 17.8 Å². The van der Waals surface area contributed by atoms with Crippen molar-refractivity contribution in [3.05, 3.63) is 71.8 Å². The summed E-state index contributed by atoms with van der Waals surface area (Å²) in [5.74, 6) is 0.105. The second kappa shape index (κ2) is 14.0. The zero-order valence-corrected chi connectivity index (χ0v) is 25.0. The van der Waals surface area contributed by atoms with Crippen molar-refractivity contribution < 1.29 is 33.3 Å². The van der Waals surface area contributed by atoms with Crippen LogP contribution in [0.15, 0.2) is 60.7 Å². The lowest BCUT2D eigenvalue weighted by Crippen LogP contribution is -2.60. The van der Waals surface area contributed by atoms with E-state index in [9.17, 15) is 9.59 Å². The third kappa shape index (κ3) is 6.90. The molecule has 0 bridgehead atoms. The average Bonchev–Trinajstić information content (AvgIpc) is 2.97. The van der Waals surface area contributed by atoms with Crippen LogP contribution >= 0.6 is 11.8 Å². The summed E-state index contributed by atoms with van der Waals surface area (Å²) in [4.78, 5) is 26.5. The number of hydrogen-bond donors (Lipinski definition) is 0. The van der Waals surface area contributed by atoms with Gasteiger partial charge in [0.25, 0.3) is 0 Å². The highest BCUT2D eigenvalue weighted by molar-refractivity contribution is 7.99. The van der Waals surface area contributed by atoms with Crippen molar-refractivity contribution in [3.8, 4) is 0 Å². The highest BCUT2D eigenvalue weighted by Gasteiger charge is 2.51. The summed E-state index contributed by atoms with van der Waals surface area (Å²) in [7, 11) is 0. The molecule has 2 aromatic rings. The van der Waals surface area contributed by atoms with Crippen LogP contribution in [0.5, 0.6) is 0 Å². The second-order valence-electron chi connectivity index (χ2n) is 10.8. The first-order valence-electron chi connectivity index (χ1n) is 14.3. The maximum Gasteiger partial charge on any atom is 0.338 e. The SMILES string of the molecule is CCS[C@@H]1OC(CC)[C@@H](O[C@@H]2OC(C)[C@H](C)[C@H](OC(=O)c3ccccc3)C2OC(=O)c2ccccc2)[C@H](C)C1C. The molecule has 7 nitrogen and oxygen atoms in total. The first-order chi connectivity index (χ1) is 19.2. The molecule has 0 radical (unpaired) electrons. The van der Waals surface area contributed by atoms with Crippen LogP contribution in [0.1, 0.15) is 68.7 Å². The van der Waals surface area contributed by atoms with E-state index in [1.165, 1.54) is 0 Å². The summed E-state index contributed by atoms with van der Waals surface area (Å²) in [5, 5.41) is 0. The molecule has 8 heteroatoms. The molecule has 0 saturated carbocycles. The van der Waals surface area contributed by atoms with Gasteiger partial charge in [0.2, 0.25) is 0 Å². The maximum atomic E-state index is 13.3. The van der Waals surface area contributed by atoms with Crippen LogP contribution in [0.4, 0.5) is 0 Å². The average molecular weight is 571 g/mol. The van der Waals surface area contributed by atoms with Crippen molar-refractivity contribution in [2.45, 2.75) is 90.2 Å². The summed E-state index contributed by atoms with van der Waals surface area (Å²) < 4.78 is 31.7. The van der Waals surface area contributed by atoms with Crippen molar-refractivity contribution in [2.75, 3.05) is 5.75 Å². The lowest BCUT2D eigenvalue weighted by molar-refractivity contribution is -0.314. The third-order valence-electron chi connectivity index (χ3n) is 8.18. The minimum absolute atomic E-state index is 0.0855. The van der Waals surface area contributed by atoms with Crippen LogP contribution in [-0.2, 0) is 23.7 Å². The fourth-order valence-corrected chi connectivity index (χ4v) is 6.48. The van der Waals surface area contributed by atoms with Crippen LogP contribution < -0.4 is 0 Å². The third-order valence-corrected chi connectivity index (χ3v) is 9.38. The Balaban J connectivity index is 1.64. The number of carbonyl (C=O) groups is 2. The predicted octanol–water partition coefficient (Wildman–Crippen LogP) is 6.36. The molecule has 0 N–H and O–H groups in total.